The van der Waals surface area contributed by atoms with Gasteiger partial charge in [-0.2, -0.15) is 0 Å². The molecule has 0 aliphatic heterocycles. The zero-order chi connectivity index (χ0) is 23.6. The number of hydrogen-bond donors (Lipinski definition) is 0. The topological polar surface area (TPSA) is 80.5 Å². The second kappa shape index (κ2) is 9.49. The summed E-state index contributed by atoms with van der Waals surface area (Å²) >= 11 is 1.47. The fourth-order valence-corrected chi connectivity index (χ4v) is 6.04. The van der Waals surface area contributed by atoms with E-state index >= 15 is 0 Å². The zero-order valence-corrected chi connectivity index (χ0v) is 20.5. The van der Waals surface area contributed by atoms with Crippen LogP contribution in [0, 0.1) is 20.8 Å². The number of furan rings is 1. The molecule has 2 aromatic carbocycles. The van der Waals surface area contributed by atoms with E-state index in [4.69, 9.17) is 9.40 Å². The number of nitrogens with zero attached hydrogens (tertiary/aromatic N) is 2. The van der Waals surface area contributed by atoms with Gasteiger partial charge in [-0.1, -0.05) is 41.2 Å². The van der Waals surface area contributed by atoms with Gasteiger partial charge in [0.2, 0.25) is 5.91 Å². The normalized spacial score (nSPS) is 11.7. The van der Waals surface area contributed by atoms with Crippen molar-refractivity contribution in [3.8, 4) is 0 Å². The van der Waals surface area contributed by atoms with Crippen LogP contribution >= 0.6 is 11.3 Å². The van der Waals surface area contributed by atoms with Crippen molar-refractivity contribution < 1.29 is 17.6 Å². The molecule has 0 bridgehead atoms. The third-order valence-electron chi connectivity index (χ3n) is 5.54. The number of thiazole rings is 1. The number of benzene rings is 2. The predicted molar refractivity (Wildman–Crippen MR) is 131 cm³/mol. The molecule has 0 saturated heterocycles. The predicted octanol–water partition coefficient (Wildman–Crippen LogP) is 5.60. The Hall–Kier alpha value is -2.97. The van der Waals surface area contributed by atoms with Crippen molar-refractivity contribution in [2.24, 2.45) is 0 Å². The second-order valence-electron chi connectivity index (χ2n) is 8.17. The Balaban J connectivity index is 1.54. The lowest BCUT2D eigenvalue weighted by Gasteiger charge is -2.18. The molecule has 4 aromatic rings. The third-order valence-corrected chi connectivity index (χ3v) is 8.57. The molecule has 8 heteroatoms. The molecule has 0 fully saturated rings. The first kappa shape index (κ1) is 23.2. The van der Waals surface area contributed by atoms with E-state index in [1.54, 1.807) is 41.5 Å². The van der Waals surface area contributed by atoms with Crippen molar-refractivity contribution in [1.82, 2.24) is 4.98 Å². The molecule has 0 saturated carbocycles. The average molecular weight is 483 g/mol. The SMILES string of the molecule is Cc1ccc(S(=O)(=O)CCCC(=O)N(Cc2ccco2)c2nc3c(C)ccc(C)c3s2)cc1. The van der Waals surface area contributed by atoms with Gasteiger partial charge in [0.25, 0.3) is 0 Å². The van der Waals surface area contributed by atoms with Crippen molar-refractivity contribution >= 4 is 42.4 Å². The van der Waals surface area contributed by atoms with E-state index in [1.165, 1.54) is 11.3 Å². The molecule has 2 heterocycles. The van der Waals surface area contributed by atoms with Crippen LogP contribution in [0.4, 0.5) is 5.13 Å². The number of aryl methyl sites for hydroxylation is 3. The molecule has 172 valence electrons. The zero-order valence-electron chi connectivity index (χ0n) is 18.9. The Kier molecular flexibility index (Phi) is 6.67. The molecule has 33 heavy (non-hydrogen) atoms. The number of amides is 1. The maximum Gasteiger partial charge on any atom is 0.229 e. The first-order valence-electron chi connectivity index (χ1n) is 10.7. The summed E-state index contributed by atoms with van der Waals surface area (Å²) in [6.45, 7) is 6.18. The highest BCUT2D eigenvalue weighted by molar-refractivity contribution is 7.91. The molecule has 0 N–H and O–H groups in total. The lowest BCUT2D eigenvalue weighted by Crippen LogP contribution is -2.30. The van der Waals surface area contributed by atoms with E-state index in [-0.39, 0.29) is 35.9 Å². The van der Waals surface area contributed by atoms with Crippen LogP contribution in [-0.2, 0) is 21.2 Å². The third kappa shape index (κ3) is 5.17. The number of fused-ring (bicyclic) bond motifs is 1. The highest BCUT2D eigenvalue weighted by Crippen LogP contribution is 2.34. The van der Waals surface area contributed by atoms with Crippen molar-refractivity contribution in [2.75, 3.05) is 10.7 Å². The van der Waals surface area contributed by atoms with Crippen LogP contribution in [0.2, 0.25) is 0 Å². The van der Waals surface area contributed by atoms with E-state index in [2.05, 4.69) is 0 Å². The van der Waals surface area contributed by atoms with Crippen LogP contribution in [0.3, 0.4) is 0 Å². The van der Waals surface area contributed by atoms with Gasteiger partial charge in [-0.15, -0.1) is 0 Å². The number of carbonyl (C=O) groups is 1. The van der Waals surface area contributed by atoms with Gasteiger partial charge >= 0.3 is 0 Å². The minimum Gasteiger partial charge on any atom is -0.467 e. The van der Waals surface area contributed by atoms with Crippen molar-refractivity contribution in [1.29, 1.82) is 0 Å². The van der Waals surface area contributed by atoms with Gasteiger partial charge < -0.3 is 4.42 Å². The summed E-state index contributed by atoms with van der Waals surface area (Å²) in [6, 6.07) is 14.4. The van der Waals surface area contributed by atoms with Gasteiger partial charge in [0, 0.05) is 6.42 Å². The number of rotatable bonds is 8. The number of carbonyl (C=O) groups excluding carboxylic acids is 1. The fraction of sp³-hybridized carbons (Fsp3) is 0.280. The molecule has 4 rings (SSSR count). The van der Waals surface area contributed by atoms with Gasteiger partial charge in [0.05, 0.1) is 33.7 Å². The Morgan fingerprint density at radius 2 is 1.76 bits per heavy atom. The first-order chi connectivity index (χ1) is 15.7. The molecular weight excluding hydrogens is 456 g/mol. The number of aromatic nitrogens is 1. The average Bonchev–Trinajstić information content (AvgIpc) is 3.45. The first-order valence-corrected chi connectivity index (χ1v) is 13.2. The second-order valence-corrected chi connectivity index (χ2v) is 11.3. The van der Waals surface area contributed by atoms with Crippen LogP contribution < -0.4 is 4.90 Å². The van der Waals surface area contributed by atoms with E-state index in [0.29, 0.717) is 10.9 Å². The number of sulfone groups is 1. The maximum absolute atomic E-state index is 13.2. The Morgan fingerprint density at radius 1 is 1.03 bits per heavy atom. The van der Waals surface area contributed by atoms with Crippen molar-refractivity contribution in [3.63, 3.8) is 0 Å². The van der Waals surface area contributed by atoms with Crippen LogP contribution in [0.5, 0.6) is 0 Å². The van der Waals surface area contributed by atoms with Gasteiger partial charge in [-0.05, 0) is 62.6 Å². The summed E-state index contributed by atoms with van der Waals surface area (Å²) in [5, 5.41) is 0.588. The smallest absolute Gasteiger partial charge is 0.229 e. The molecule has 2 aromatic heterocycles. The van der Waals surface area contributed by atoms with E-state index in [0.717, 1.165) is 26.9 Å². The summed E-state index contributed by atoms with van der Waals surface area (Å²) in [5.41, 5.74) is 4.04. The van der Waals surface area contributed by atoms with Crippen molar-refractivity contribution in [3.05, 3.63) is 77.2 Å². The lowest BCUT2D eigenvalue weighted by molar-refractivity contribution is -0.118. The van der Waals surface area contributed by atoms with Gasteiger partial charge in [0.15, 0.2) is 15.0 Å². The molecule has 0 aliphatic carbocycles. The molecule has 0 unspecified atom stereocenters. The summed E-state index contributed by atoms with van der Waals surface area (Å²) in [6.07, 6.45) is 1.89. The molecule has 0 radical (unpaired) electrons. The maximum atomic E-state index is 13.2. The van der Waals surface area contributed by atoms with Gasteiger partial charge in [0.1, 0.15) is 5.76 Å². The Labute approximate surface area is 197 Å². The van der Waals surface area contributed by atoms with Crippen LogP contribution in [0.15, 0.2) is 64.1 Å². The standard InChI is InChI=1S/C25H26N2O4S2/c1-17-8-12-21(13-9-17)33(29,30)15-5-7-22(28)27(16-20-6-4-14-31-20)25-26-23-18(2)10-11-19(3)24(23)32-25/h4,6,8-14H,5,7,15-16H2,1-3H3. The van der Waals surface area contributed by atoms with Crippen LogP contribution in [-0.4, -0.2) is 25.1 Å². The Morgan fingerprint density at radius 3 is 2.42 bits per heavy atom. The molecule has 0 aliphatic rings. The molecule has 6 nitrogen and oxygen atoms in total. The summed E-state index contributed by atoms with van der Waals surface area (Å²) in [7, 11) is -3.45. The molecule has 1 amide bonds. The Bertz CT molecular complexity index is 1330. The highest BCUT2D eigenvalue weighted by Gasteiger charge is 2.23. The minimum absolute atomic E-state index is 0.0888. The largest absolute Gasteiger partial charge is 0.467 e. The molecule has 0 spiro atoms. The minimum atomic E-state index is -3.45. The van der Waals surface area contributed by atoms with Gasteiger partial charge in [-0.25, -0.2) is 13.4 Å². The summed E-state index contributed by atoms with van der Waals surface area (Å²) in [4.78, 5) is 19.9. The number of anilines is 1. The lowest BCUT2D eigenvalue weighted by atomic mass is 10.1. The summed E-state index contributed by atoms with van der Waals surface area (Å²) < 4.78 is 31.8. The van der Waals surface area contributed by atoms with Gasteiger partial charge in [-0.3, -0.25) is 9.69 Å². The number of hydrogen-bond acceptors (Lipinski definition) is 6. The molecular formula is C25H26N2O4S2. The fourth-order valence-electron chi connectivity index (χ4n) is 3.60. The van der Waals surface area contributed by atoms with E-state index in [1.807, 2.05) is 39.0 Å². The highest BCUT2D eigenvalue weighted by atomic mass is 32.2. The van der Waals surface area contributed by atoms with Crippen LogP contribution in [0.1, 0.15) is 35.3 Å². The molecule has 0 atom stereocenters. The monoisotopic (exact) mass is 482 g/mol. The quantitative estimate of drug-likeness (QED) is 0.326. The van der Waals surface area contributed by atoms with Crippen LogP contribution in [0.25, 0.3) is 10.2 Å². The summed E-state index contributed by atoms with van der Waals surface area (Å²) in [5.74, 6) is 0.372. The van der Waals surface area contributed by atoms with E-state index < -0.39 is 9.84 Å². The van der Waals surface area contributed by atoms with E-state index in [9.17, 15) is 13.2 Å². The van der Waals surface area contributed by atoms with Crippen molar-refractivity contribution in [2.45, 2.75) is 45.1 Å².